The monoisotopic (exact) mass is 266 g/mol. The fraction of sp³-hybridized carbons (Fsp3) is 0.400. The summed E-state index contributed by atoms with van der Waals surface area (Å²) in [5, 5.41) is 27.3. The van der Waals surface area contributed by atoms with E-state index in [9.17, 15) is 22.7 Å². The largest absolute Gasteiger partial charge is 0.488 e. The Labute approximate surface area is 101 Å². The number of aryl methyl sites for hydroxylation is 1. The molecule has 1 aromatic rings. The quantitative estimate of drug-likeness (QED) is 0.542. The Bertz CT molecular complexity index is 457. The van der Waals surface area contributed by atoms with Gasteiger partial charge in [0.2, 0.25) is 0 Å². The Morgan fingerprint density at radius 2 is 1.67 bits per heavy atom. The van der Waals surface area contributed by atoms with Crippen LogP contribution in [0.4, 0.5) is 17.6 Å². The van der Waals surface area contributed by atoms with Crippen LogP contribution in [0.1, 0.15) is 18.1 Å². The number of aliphatic hydroxyl groups is 1. The molecule has 1 aromatic carbocycles. The second-order valence-corrected chi connectivity index (χ2v) is 4.13. The van der Waals surface area contributed by atoms with Crippen molar-refractivity contribution in [1.82, 2.24) is 0 Å². The maximum absolute atomic E-state index is 13.5. The van der Waals surface area contributed by atoms with E-state index in [2.05, 4.69) is 0 Å². The standard InChI is InChI=1S/C10H11BF4O3/c1-5-3-8(12)6(4-7(5)11(17)18)9(2,16)10(13,14)15/h3-4,16-18H,1-2H3. The van der Waals surface area contributed by atoms with Crippen LogP contribution in [0, 0.1) is 12.7 Å². The lowest BCUT2D eigenvalue weighted by Crippen LogP contribution is -2.42. The molecule has 0 aromatic heterocycles. The molecule has 0 saturated carbocycles. The Hall–Kier alpha value is -1.12. The van der Waals surface area contributed by atoms with Crippen LogP contribution in [-0.4, -0.2) is 28.4 Å². The van der Waals surface area contributed by atoms with Crippen LogP contribution in [0.2, 0.25) is 0 Å². The maximum Gasteiger partial charge on any atom is 0.488 e. The van der Waals surface area contributed by atoms with Gasteiger partial charge in [-0.3, -0.25) is 0 Å². The Morgan fingerprint density at radius 3 is 2.06 bits per heavy atom. The number of hydrogen-bond donors (Lipinski definition) is 3. The van der Waals surface area contributed by atoms with Crippen molar-refractivity contribution in [2.75, 3.05) is 0 Å². The van der Waals surface area contributed by atoms with Crippen molar-refractivity contribution in [3.63, 3.8) is 0 Å². The van der Waals surface area contributed by atoms with Crippen LogP contribution in [0.25, 0.3) is 0 Å². The fourth-order valence-electron chi connectivity index (χ4n) is 1.49. The van der Waals surface area contributed by atoms with Gasteiger partial charge in [-0.1, -0.05) is 6.07 Å². The summed E-state index contributed by atoms with van der Waals surface area (Å²) < 4.78 is 51.3. The third kappa shape index (κ3) is 2.50. The molecule has 100 valence electrons. The van der Waals surface area contributed by atoms with Crippen molar-refractivity contribution in [1.29, 1.82) is 0 Å². The summed E-state index contributed by atoms with van der Waals surface area (Å²) in [6.45, 7) is 1.71. The molecule has 3 nitrogen and oxygen atoms in total. The number of benzene rings is 1. The Balaban J connectivity index is 3.47. The van der Waals surface area contributed by atoms with E-state index in [1.807, 2.05) is 0 Å². The van der Waals surface area contributed by atoms with Gasteiger partial charge in [0, 0.05) is 5.56 Å². The molecule has 0 spiro atoms. The molecule has 0 saturated heterocycles. The van der Waals surface area contributed by atoms with Crippen molar-refractivity contribution < 1.29 is 32.7 Å². The molecule has 0 aliphatic heterocycles. The average Bonchev–Trinajstić information content (AvgIpc) is 2.14. The molecule has 0 aliphatic carbocycles. The van der Waals surface area contributed by atoms with Crippen LogP contribution in [-0.2, 0) is 5.60 Å². The van der Waals surface area contributed by atoms with E-state index in [0.717, 1.165) is 0 Å². The molecular weight excluding hydrogens is 255 g/mol. The van der Waals surface area contributed by atoms with E-state index >= 15 is 0 Å². The summed E-state index contributed by atoms with van der Waals surface area (Å²) in [5.74, 6) is -1.26. The second kappa shape index (κ2) is 4.53. The zero-order valence-corrected chi connectivity index (χ0v) is 9.59. The molecule has 0 radical (unpaired) electrons. The zero-order valence-electron chi connectivity index (χ0n) is 9.59. The van der Waals surface area contributed by atoms with Crippen molar-refractivity contribution in [3.05, 3.63) is 29.1 Å². The van der Waals surface area contributed by atoms with Crippen LogP contribution >= 0.6 is 0 Å². The van der Waals surface area contributed by atoms with Crippen LogP contribution < -0.4 is 5.46 Å². The van der Waals surface area contributed by atoms with E-state index in [0.29, 0.717) is 19.1 Å². The Kier molecular flexibility index (Phi) is 3.76. The van der Waals surface area contributed by atoms with Gasteiger partial charge < -0.3 is 15.2 Å². The molecule has 0 heterocycles. The van der Waals surface area contributed by atoms with Crippen molar-refractivity contribution in [2.24, 2.45) is 0 Å². The van der Waals surface area contributed by atoms with Gasteiger partial charge >= 0.3 is 13.3 Å². The predicted molar refractivity (Wildman–Crippen MR) is 56.6 cm³/mol. The third-order valence-electron chi connectivity index (χ3n) is 2.71. The van der Waals surface area contributed by atoms with Gasteiger partial charge in [0.25, 0.3) is 0 Å². The van der Waals surface area contributed by atoms with Gasteiger partial charge in [-0.2, -0.15) is 13.2 Å². The third-order valence-corrected chi connectivity index (χ3v) is 2.71. The van der Waals surface area contributed by atoms with E-state index in [4.69, 9.17) is 10.0 Å². The molecule has 1 atom stereocenters. The number of hydrogen-bond acceptors (Lipinski definition) is 3. The second-order valence-electron chi connectivity index (χ2n) is 4.13. The first kappa shape index (κ1) is 14.9. The maximum atomic E-state index is 13.5. The predicted octanol–water partition coefficient (Wildman–Crippen LogP) is 0.584. The van der Waals surface area contributed by atoms with Crippen molar-refractivity contribution in [3.8, 4) is 0 Å². The first-order valence-corrected chi connectivity index (χ1v) is 4.94. The molecule has 0 bridgehead atoms. The Morgan fingerprint density at radius 1 is 1.17 bits per heavy atom. The lowest BCUT2D eigenvalue weighted by molar-refractivity contribution is -0.259. The average molecular weight is 266 g/mol. The number of alkyl halides is 3. The van der Waals surface area contributed by atoms with E-state index in [1.165, 1.54) is 6.92 Å². The molecule has 8 heteroatoms. The summed E-state index contributed by atoms with van der Waals surface area (Å²) in [5.41, 5.74) is -4.68. The minimum Gasteiger partial charge on any atom is -0.423 e. The highest BCUT2D eigenvalue weighted by Gasteiger charge is 2.52. The SMILES string of the molecule is Cc1cc(F)c(C(C)(O)C(F)(F)F)cc1B(O)O. The van der Waals surface area contributed by atoms with Gasteiger partial charge in [0.15, 0.2) is 5.60 Å². The zero-order chi connectivity index (χ0) is 14.3. The molecule has 18 heavy (non-hydrogen) atoms. The van der Waals surface area contributed by atoms with Gasteiger partial charge in [0.05, 0.1) is 0 Å². The van der Waals surface area contributed by atoms with Crippen molar-refractivity contribution >= 4 is 12.6 Å². The molecule has 0 aliphatic rings. The van der Waals surface area contributed by atoms with Gasteiger partial charge in [-0.15, -0.1) is 0 Å². The minimum atomic E-state index is -5.08. The first-order chi connectivity index (χ1) is 7.98. The topological polar surface area (TPSA) is 60.7 Å². The lowest BCUT2D eigenvalue weighted by atomic mass is 9.75. The molecule has 3 N–H and O–H groups in total. The summed E-state index contributed by atoms with van der Waals surface area (Å²) in [4.78, 5) is 0. The van der Waals surface area contributed by atoms with Crippen LogP contribution in [0.15, 0.2) is 12.1 Å². The number of halogens is 4. The fourth-order valence-corrected chi connectivity index (χ4v) is 1.49. The smallest absolute Gasteiger partial charge is 0.423 e. The molecular formula is C10H11BF4O3. The highest BCUT2D eigenvalue weighted by Crippen LogP contribution is 2.39. The minimum absolute atomic E-state index is 0.0734. The van der Waals surface area contributed by atoms with E-state index < -0.39 is 30.3 Å². The van der Waals surface area contributed by atoms with Gasteiger partial charge in [-0.05, 0) is 30.9 Å². The molecule has 0 amide bonds. The lowest BCUT2D eigenvalue weighted by Gasteiger charge is -2.27. The van der Waals surface area contributed by atoms with Gasteiger partial charge in [-0.25, -0.2) is 4.39 Å². The van der Waals surface area contributed by atoms with E-state index in [-0.39, 0.29) is 11.0 Å². The highest BCUT2D eigenvalue weighted by molar-refractivity contribution is 6.59. The normalized spacial score (nSPS) is 15.4. The first-order valence-electron chi connectivity index (χ1n) is 4.94. The molecule has 0 fully saturated rings. The molecule has 1 unspecified atom stereocenters. The summed E-state index contributed by atoms with van der Waals surface area (Å²) in [6.07, 6.45) is -5.08. The summed E-state index contributed by atoms with van der Waals surface area (Å²) >= 11 is 0. The van der Waals surface area contributed by atoms with E-state index in [1.54, 1.807) is 0 Å². The van der Waals surface area contributed by atoms with Crippen molar-refractivity contribution in [2.45, 2.75) is 25.6 Å². The number of rotatable bonds is 2. The van der Waals surface area contributed by atoms with Crippen LogP contribution in [0.3, 0.4) is 0 Å². The highest BCUT2D eigenvalue weighted by atomic mass is 19.4. The summed E-state index contributed by atoms with van der Waals surface area (Å²) in [7, 11) is -2.05. The molecule has 1 rings (SSSR count). The van der Waals surface area contributed by atoms with Crippen LogP contribution in [0.5, 0.6) is 0 Å². The van der Waals surface area contributed by atoms with Gasteiger partial charge in [0.1, 0.15) is 5.82 Å². The summed E-state index contributed by atoms with van der Waals surface area (Å²) in [6, 6.07) is 1.31.